The molecule has 31 heavy (non-hydrogen) atoms. The highest BCUT2D eigenvalue weighted by Crippen LogP contribution is 2.27. The fourth-order valence-electron chi connectivity index (χ4n) is 3.89. The van der Waals surface area contributed by atoms with Crippen LogP contribution >= 0.6 is 24.0 Å². The second-order valence-corrected chi connectivity index (χ2v) is 8.28. The molecule has 1 saturated heterocycles. The lowest BCUT2D eigenvalue weighted by Crippen LogP contribution is -2.48. The number of aliphatic imine (C=N–C) groups is 1. The first-order chi connectivity index (χ1) is 14.5. The average molecular weight is 548 g/mol. The Morgan fingerprint density at radius 2 is 1.87 bits per heavy atom. The summed E-state index contributed by atoms with van der Waals surface area (Å²) in [5.74, 6) is 2.31. The number of ether oxygens (including phenoxy) is 2. The van der Waals surface area contributed by atoms with Crippen LogP contribution in [0.4, 0.5) is 0 Å². The van der Waals surface area contributed by atoms with Crippen LogP contribution in [0.1, 0.15) is 32.4 Å². The van der Waals surface area contributed by atoms with Gasteiger partial charge in [-0.15, -0.1) is 24.0 Å². The third-order valence-corrected chi connectivity index (χ3v) is 5.65. The third kappa shape index (κ3) is 8.75. The van der Waals surface area contributed by atoms with Crippen LogP contribution in [0.2, 0.25) is 0 Å². The zero-order valence-electron chi connectivity index (χ0n) is 20.1. The number of nitrogens with zero attached hydrogens (tertiary/aromatic N) is 3. The number of morpholine rings is 1. The Kier molecular flexibility index (Phi) is 13.4. The molecule has 2 unspecified atom stereocenters. The smallest absolute Gasteiger partial charge is 0.191 e. The maximum Gasteiger partial charge on any atom is 0.191 e. The lowest BCUT2D eigenvalue weighted by atomic mass is 10.0. The van der Waals surface area contributed by atoms with Crippen LogP contribution in [0, 0.1) is 5.92 Å². The summed E-state index contributed by atoms with van der Waals surface area (Å²) in [5, 5.41) is 6.95. The number of rotatable bonds is 10. The molecule has 7 nitrogen and oxygen atoms in total. The van der Waals surface area contributed by atoms with Crippen molar-refractivity contribution in [3.63, 3.8) is 0 Å². The fourth-order valence-corrected chi connectivity index (χ4v) is 3.89. The quantitative estimate of drug-likeness (QED) is 0.267. The van der Waals surface area contributed by atoms with Gasteiger partial charge in [0.05, 0.1) is 32.9 Å². The van der Waals surface area contributed by atoms with E-state index >= 15 is 0 Å². The van der Waals surface area contributed by atoms with Crippen molar-refractivity contribution in [2.45, 2.75) is 32.9 Å². The zero-order chi connectivity index (χ0) is 21.9. The van der Waals surface area contributed by atoms with Crippen LogP contribution in [-0.2, 0) is 4.74 Å². The normalized spacial score (nSPS) is 17.2. The van der Waals surface area contributed by atoms with E-state index < -0.39 is 0 Å². The van der Waals surface area contributed by atoms with Gasteiger partial charge in [0, 0.05) is 37.8 Å². The average Bonchev–Trinajstić information content (AvgIpc) is 2.74. The van der Waals surface area contributed by atoms with Crippen molar-refractivity contribution in [2.24, 2.45) is 10.9 Å². The van der Waals surface area contributed by atoms with Gasteiger partial charge in [-0.3, -0.25) is 9.89 Å². The van der Waals surface area contributed by atoms with Gasteiger partial charge in [0.2, 0.25) is 0 Å². The molecule has 0 aliphatic carbocycles. The van der Waals surface area contributed by atoms with Crippen LogP contribution in [0.5, 0.6) is 5.75 Å². The molecule has 1 fully saturated rings. The topological polar surface area (TPSA) is 61.4 Å². The summed E-state index contributed by atoms with van der Waals surface area (Å²) in [4.78, 5) is 9.66. The Hall–Kier alpha value is -1.10. The lowest BCUT2D eigenvalue weighted by molar-refractivity contribution is 0.00867. The molecule has 0 aromatic heterocycles. The molecule has 2 rings (SSSR count). The number of methoxy groups -OCH3 is 1. The summed E-state index contributed by atoms with van der Waals surface area (Å²) in [6, 6.07) is 8.80. The molecule has 0 amide bonds. The van der Waals surface area contributed by atoms with Crippen LogP contribution in [0.3, 0.4) is 0 Å². The number of likely N-dealkylation sites (N-methyl/N-ethyl adjacent to an activating group) is 1. The van der Waals surface area contributed by atoms with Crippen molar-refractivity contribution < 1.29 is 9.47 Å². The molecule has 2 atom stereocenters. The molecule has 8 heteroatoms. The van der Waals surface area contributed by atoms with Gasteiger partial charge in [-0.1, -0.05) is 32.0 Å². The molecular weight excluding hydrogens is 505 g/mol. The molecule has 0 spiro atoms. The lowest BCUT2D eigenvalue weighted by Gasteiger charge is -2.36. The van der Waals surface area contributed by atoms with E-state index in [2.05, 4.69) is 67.4 Å². The van der Waals surface area contributed by atoms with E-state index in [0.717, 1.165) is 57.6 Å². The largest absolute Gasteiger partial charge is 0.496 e. The maximum atomic E-state index is 5.59. The highest BCUT2D eigenvalue weighted by molar-refractivity contribution is 14.0. The maximum absolute atomic E-state index is 5.59. The first-order valence-corrected chi connectivity index (χ1v) is 11.1. The van der Waals surface area contributed by atoms with Gasteiger partial charge in [-0.2, -0.15) is 0 Å². The van der Waals surface area contributed by atoms with Gasteiger partial charge in [0.1, 0.15) is 5.75 Å². The van der Waals surface area contributed by atoms with E-state index in [1.54, 1.807) is 7.11 Å². The van der Waals surface area contributed by atoms with Gasteiger partial charge in [-0.05, 0) is 33.0 Å². The number of hydrogen-bond donors (Lipinski definition) is 2. The van der Waals surface area contributed by atoms with Crippen LogP contribution in [-0.4, -0.2) is 88.9 Å². The molecule has 1 aromatic rings. The number of halogens is 1. The van der Waals surface area contributed by atoms with Gasteiger partial charge in [-0.25, -0.2) is 0 Å². The minimum atomic E-state index is 0. The molecule has 0 radical (unpaired) electrons. The summed E-state index contributed by atoms with van der Waals surface area (Å²) in [7, 11) is 5.91. The van der Waals surface area contributed by atoms with Gasteiger partial charge < -0.3 is 25.0 Å². The second kappa shape index (κ2) is 14.9. The molecule has 1 aliphatic rings. The molecule has 1 aliphatic heterocycles. The molecule has 0 saturated carbocycles. The number of guanidine groups is 1. The Balaban J connectivity index is 0.00000480. The number of benzene rings is 1. The Bertz CT molecular complexity index is 651. The minimum absolute atomic E-state index is 0. The Morgan fingerprint density at radius 3 is 2.45 bits per heavy atom. The van der Waals surface area contributed by atoms with Crippen molar-refractivity contribution >= 4 is 29.9 Å². The monoisotopic (exact) mass is 547 g/mol. The van der Waals surface area contributed by atoms with Gasteiger partial charge >= 0.3 is 0 Å². The zero-order valence-corrected chi connectivity index (χ0v) is 22.4. The van der Waals surface area contributed by atoms with E-state index in [1.807, 2.05) is 12.1 Å². The predicted octanol–water partition coefficient (Wildman–Crippen LogP) is 2.83. The molecule has 2 N–H and O–H groups in total. The highest BCUT2D eigenvalue weighted by Gasteiger charge is 2.24. The fraction of sp³-hybridized carbons (Fsp3) is 0.696. The summed E-state index contributed by atoms with van der Waals surface area (Å²) >= 11 is 0. The van der Waals surface area contributed by atoms with E-state index in [9.17, 15) is 0 Å². The molecule has 1 heterocycles. The number of hydrogen-bond acceptors (Lipinski definition) is 5. The van der Waals surface area contributed by atoms with Gasteiger partial charge in [0.25, 0.3) is 0 Å². The Morgan fingerprint density at radius 1 is 1.19 bits per heavy atom. The van der Waals surface area contributed by atoms with Crippen molar-refractivity contribution in [1.29, 1.82) is 0 Å². The highest BCUT2D eigenvalue weighted by atomic mass is 127. The molecule has 0 bridgehead atoms. The first-order valence-electron chi connectivity index (χ1n) is 11.1. The predicted molar refractivity (Wildman–Crippen MR) is 140 cm³/mol. The second-order valence-electron chi connectivity index (χ2n) is 8.28. The SMILES string of the molecule is CCNC(=NCC(C(C)C)N1CCOCC1)NCC(c1ccccc1OC)N(C)C.I. The summed E-state index contributed by atoms with van der Waals surface area (Å²) in [6.07, 6.45) is 0. The molecular formula is C23H42IN5O2. The van der Waals surface area contributed by atoms with Crippen molar-refractivity contribution in [1.82, 2.24) is 20.4 Å². The summed E-state index contributed by atoms with van der Waals surface area (Å²) < 4.78 is 11.1. The summed E-state index contributed by atoms with van der Waals surface area (Å²) in [5.41, 5.74) is 1.17. The third-order valence-electron chi connectivity index (χ3n) is 5.65. The van der Waals surface area contributed by atoms with E-state index in [1.165, 1.54) is 5.56 Å². The van der Waals surface area contributed by atoms with E-state index in [-0.39, 0.29) is 30.0 Å². The van der Waals surface area contributed by atoms with Crippen molar-refractivity contribution in [2.75, 3.05) is 67.1 Å². The summed E-state index contributed by atoms with van der Waals surface area (Å²) in [6.45, 7) is 12.6. The number of nitrogens with one attached hydrogen (secondary N) is 2. The minimum Gasteiger partial charge on any atom is -0.496 e. The van der Waals surface area contributed by atoms with Crippen LogP contribution < -0.4 is 15.4 Å². The van der Waals surface area contributed by atoms with Crippen molar-refractivity contribution in [3.05, 3.63) is 29.8 Å². The van der Waals surface area contributed by atoms with Crippen LogP contribution in [0.15, 0.2) is 29.3 Å². The number of para-hydroxylation sites is 1. The Labute approximate surface area is 206 Å². The standard InChI is InChI=1S/C23H41N5O2.HI/c1-7-24-23(25-16-20(18(2)3)28-12-14-30-15-13-28)26-17-21(27(4)5)19-10-8-9-11-22(19)29-6;/h8-11,18,20-21H,7,12-17H2,1-6H3,(H2,24,25,26);1H. The van der Waals surface area contributed by atoms with Crippen molar-refractivity contribution in [3.8, 4) is 5.75 Å². The van der Waals surface area contributed by atoms with Crippen LogP contribution in [0.25, 0.3) is 0 Å². The molecule has 178 valence electrons. The molecule has 1 aromatic carbocycles. The first kappa shape index (κ1) is 27.9. The van der Waals surface area contributed by atoms with Gasteiger partial charge in [0.15, 0.2) is 5.96 Å². The van der Waals surface area contributed by atoms with E-state index in [4.69, 9.17) is 14.5 Å². The van der Waals surface area contributed by atoms with E-state index in [0.29, 0.717) is 12.0 Å².